The largest absolute Gasteiger partial charge is 0.358 e. The van der Waals surface area contributed by atoms with Crippen LogP contribution in [0.5, 0.6) is 0 Å². The lowest BCUT2D eigenvalue weighted by molar-refractivity contribution is -0.119. The summed E-state index contributed by atoms with van der Waals surface area (Å²) in [5.41, 5.74) is 5.42. The summed E-state index contributed by atoms with van der Waals surface area (Å²) in [4.78, 5) is 20.5. The number of aromatic nitrogens is 2. The van der Waals surface area contributed by atoms with E-state index in [0.717, 1.165) is 44.1 Å². The van der Waals surface area contributed by atoms with Crippen molar-refractivity contribution in [3.05, 3.63) is 65.2 Å². The second kappa shape index (κ2) is 17.1. The number of amides is 1. The van der Waals surface area contributed by atoms with E-state index in [-0.39, 0.29) is 0 Å². The zero-order chi connectivity index (χ0) is 27.0. The highest BCUT2D eigenvalue weighted by Gasteiger charge is 2.21. The SMILES string of the molecule is CC(C)=CCC/C(C)=C/CC/C(=C/CSCC(Nc1ccncn1)C(=O)NS(C)(=O)=O)CC=C(C)C. The van der Waals surface area contributed by atoms with Crippen molar-refractivity contribution in [3.63, 3.8) is 0 Å². The highest BCUT2D eigenvalue weighted by molar-refractivity contribution is 7.99. The third-order valence-corrected chi connectivity index (χ3v) is 6.65. The maximum atomic E-state index is 12.5. The average Bonchev–Trinajstić information content (AvgIpc) is 2.78. The van der Waals surface area contributed by atoms with Crippen molar-refractivity contribution in [1.82, 2.24) is 14.7 Å². The maximum absolute atomic E-state index is 12.5. The molecule has 0 aliphatic carbocycles. The molecule has 0 saturated heterocycles. The number of nitrogens with zero attached hydrogens (tertiary/aromatic N) is 2. The van der Waals surface area contributed by atoms with Gasteiger partial charge in [0.05, 0.1) is 6.26 Å². The van der Waals surface area contributed by atoms with Gasteiger partial charge in [0.25, 0.3) is 5.91 Å². The molecule has 1 atom stereocenters. The Morgan fingerprint density at radius 1 is 1.03 bits per heavy atom. The molecule has 1 amide bonds. The van der Waals surface area contributed by atoms with E-state index in [1.807, 2.05) is 0 Å². The molecule has 2 N–H and O–H groups in total. The fraction of sp³-hybridized carbons (Fsp3) is 0.519. The first-order valence-corrected chi connectivity index (χ1v) is 15.2. The van der Waals surface area contributed by atoms with Gasteiger partial charge in [0.1, 0.15) is 18.2 Å². The van der Waals surface area contributed by atoms with Crippen LogP contribution in [0.2, 0.25) is 0 Å². The molecule has 1 aromatic rings. The number of thioether (sulfide) groups is 1. The number of carbonyl (C=O) groups excluding carboxylic acids is 1. The summed E-state index contributed by atoms with van der Waals surface area (Å²) >= 11 is 1.57. The first-order valence-electron chi connectivity index (χ1n) is 12.2. The Morgan fingerprint density at radius 3 is 2.33 bits per heavy atom. The summed E-state index contributed by atoms with van der Waals surface area (Å²) < 4.78 is 25.2. The predicted octanol–water partition coefficient (Wildman–Crippen LogP) is 5.82. The average molecular weight is 535 g/mol. The highest BCUT2D eigenvalue weighted by Crippen LogP contribution is 2.18. The Morgan fingerprint density at radius 2 is 1.72 bits per heavy atom. The first-order chi connectivity index (χ1) is 17.0. The Bertz CT molecular complexity index is 1040. The molecule has 0 aromatic carbocycles. The number of rotatable bonds is 16. The van der Waals surface area contributed by atoms with Crippen LogP contribution in [0.25, 0.3) is 0 Å². The number of sulfonamides is 1. The number of nitrogens with one attached hydrogen (secondary N) is 2. The molecule has 0 bridgehead atoms. The third-order valence-electron chi connectivity index (χ3n) is 5.10. The van der Waals surface area contributed by atoms with Gasteiger partial charge in [-0.15, -0.1) is 0 Å². The molecular formula is C27H42N4O3S2. The van der Waals surface area contributed by atoms with Gasteiger partial charge in [-0.05, 0) is 72.8 Å². The summed E-state index contributed by atoms with van der Waals surface area (Å²) in [6, 6.07) is 0.888. The van der Waals surface area contributed by atoms with E-state index in [9.17, 15) is 13.2 Å². The van der Waals surface area contributed by atoms with E-state index in [1.54, 1.807) is 24.0 Å². The van der Waals surface area contributed by atoms with Gasteiger partial charge < -0.3 is 5.32 Å². The molecule has 0 spiro atoms. The Kier molecular flexibility index (Phi) is 15.1. The number of allylic oxidation sites excluding steroid dienone is 7. The fourth-order valence-electron chi connectivity index (χ4n) is 3.17. The molecule has 36 heavy (non-hydrogen) atoms. The minimum atomic E-state index is -3.66. The molecule has 1 unspecified atom stereocenters. The van der Waals surface area contributed by atoms with Crippen LogP contribution in [0.1, 0.15) is 66.7 Å². The predicted molar refractivity (Wildman–Crippen MR) is 154 cm³/mol. The number of anilines is 1. The molecule has 0 fully saturated rings. The van der Waals surface area contributed by atoms with E-state index < -0.39 is 22.0 Å². The Balaban J connectivity index is 2.76. The smallest absolute Gasteiger partial charge is 0.256 e. The molecule has 200 valence electrons. The molecular weight excluding hydrogens is 492 g/mol. The van der Waals surface area contributed by atoms with Gasteiger partial charge in [-0.25, -0.2) is 18.4 Å². The normalized spacial score (nSPS) is 13.1. The highest BCUT2D eigenvalue weighted by atomic mass is 32.2. The number of hydrogen-bond acceptors (Lipinski definition) is 7. The molecule has 0 aliphatic rings. The Hall–Kier alpha value is -2.39. The summed E-state index contributed by atoms with van der Waals surface area (Å²) in [5, 5.41) is 3.01. The lowest BCUT2D eigenvalue weighted by Crippen LogP contribution is -2.43. The minimum Gasteiger partial charge on any atom is -0.358 e. The van der Waals surface area contributed by atoms with Crippen LogP contribution in [0, 0.1) is 0 Å². The van der Waals surface area contributed by atoms with Crippen molar-refractivity contribution in [2.75, 3.05) is 23.1 Å². The zero-order valence-corrected chi connectivity index (χ0v) is 24.1. The molecule has 7 nitrogen and oxygen atoms in total. The molecule has 9 heteroatoms. The quantitative estimate of drug-likeness (QED) is 0.203. The topological polar surface area (TPSA) is 101 Å². The lowest BCUT2D eigenvalue weighted by atomic mass is 10.0. The summed E-state index contributed by atoms with van der Waals surface area (Å²) in [7, 11) is -3.66. The van der Waals surface area contributed by atoms with Crippen LogP contribution in [0.3, 0.4) is 0 Å². The van der Waals surface area contributed by atoms with Crippen molar-refractivity contribution in [2.45, 2.75) is 72.8 Å². The zero-order valence-electron chi connectivity index (χ0n) is 22.5. The lowest BCUT2D eigenvalue weighted by Gasteiger charge is -2.17. The van der Waals surface area contributed by atoms with E-state index >= 15 is 0 Å². The van der Waals surface area contributed by atoms with E-state index in [0.29, 0.717) is 11.6 Å². The van der Waals surface area contributed by atoms with Gasteiger partial charge in [-0.3, -0.25) is 9.52 Å². The molecule has 1 aromatic heterocycles. The minimum absolute atomic E-state index is 0.390. The first kappa shape index (κ1) is 31.6. The molecule has 1 heterocycles. The second-order valence-corrected chi connectivity index (χ2v) is 12.1. The monoisotopic (exact) mass is 534 g/mol. The van der Waals surface area contributed by atoms with Gasteiger partial charge >= 0.3 is 0 Å². The van der Waals surface area contributed by atoms with Crippen LogP contribution in [0.15, 0.2) is 65.2 Å². The van der Waals surface area contributed by atoms with E-state index in [1.165, 1.54) is 28.6 Å². The van der Waals surface area contributed by atoms with Crippen LogP contribution in [-0.2, 0) is 14.8 Å². The molecule has 1 rings (SSSR count). The van der Waals surface area contributed by atoms with Gasteiger partial charge in [0.15, 0.2) is 0 Å². The number of hydrogen-bond donors (Lipinski definition) is 2. The molecule has 0 radical (unpaired) electrons. The summed E-state index contributed by atoms with van der Waals surface area (Å²) in [6.45, 7) is 10.7. The van der Waals surface area contributed by atoms with Crippen molar-refractivity contribution in [3.8, 4) is 0 Å². The molecule has 0 aliphatic heterocycles. The standard InChI is InChI=1S/C27H42N4O3S2/c1-21(2)9-7-10-23(5)11-8-12-24(14-13-22(3)4)16-18-35-19-25(27(32)31-36(6,33)34)30-26-15-17-28-20-29-26/h9,11,13,15-17,20,25H,7-8,10,12,14,18-19H2,1-6H3,(H,31,32)(H,28,29,30)/b23-11+,24-16-. The van der Waals surface area contributed by atoms with Gasteiger partial charge in [0.2, 0.25) is 10.0 Å². The van der Waals surface area contributed by atoms with Crippen molar-refractivity contribution >= 4 is 33.5 Å². The summed E-state index contributed by atoms with van der Waals surface area (Å²) in [5.74, 6) is 0.974. The van der Waals surface area contributed by atoms with Crippen molar-refractivity contribution < 1.29 is 13.2 Å². The van der Waals surface area contributed by atoms with E-state index in [4.69, 9.17) is 0 Å². The third kappa shape index (κ3) is 16.3. The van der Waals surface area contributed by atoms with E-state index in [2.05, 4.69) is 78.9 Å². The van der Waals surface area contributed by atoms with Gasteiger partial charge in [0, 0.05) is 17.7 Å². The summed E-state index contributed by atoms with van der Waals surface area (Å²) in [6.07, 6.45) is 18.0. The van der Waals surface area contributed by atoms with Crippen LogP contribution >= 0.6 is 11.8 Å². The van der Waals surface area contributed by atoms with Gasteiger partial charge in [-0.2, -0.15) is 11.8 Å². The molecule has 0 saturated carbocycles. The maximum Gasteiger partial charge on any atom is 0.256 e. The van der Waals surface area contributed by atoms with Crippen LogP contribution < -0.4 is 10.0 Å². The van der Waals surface area contributed by atoms with Gasteiger partial charge in [-0.1, -0.05) is 46.6 Å². The Labute approximate surface area is 222 Å². The van der Waals surface area contributed by atoms with Crippen LogP contribution in [0.4, 0.5) is 5.82 Å². The van der Waals surface area contributed by atoms with Crippen molar-refractivity contribution in [1.29, 1.82) is 0 Å². The number of carbonyl (C=O) groups is 1. The fourth-order valence-corrected chi connectivity index (χ4v) is 4.64. The van der Waals surface area contributed by atoms with Crippen LogP contribution in [-0.4, -0.2) is 48.1 Å². The van der Waals surface area contributed by atoms with Crippen molar-refractivity contribution in [2.24, 2.45) is 0 Å². The second-order valence-electron chi connectivity index (χ2n) is 9.32.